The van der Waals surface area contributed by atoms with Gasteiger partial charge in [-0.2, -0.15) is 0 Å². The lowest BCUT2D eigenvalue weighted by Crippen LogP contribution is -2.26. The van der Waals surface area contributed by atoms with Crippen molar-refractivity contribution in [2.24, 2.45) is 0 Å². The minimum atomic E-state index is -0.327. The third kappa shape index (κ3) is 4.63. The quantitative estimate of drug-likeness (QED) is 0.521. The molecule has 0 saturated carbocycles. The Bertz CT molecular complexity index is 978. The minimum Gasteiger partial charge on any atom is -0.377 e. The predicted molar refractivity (Wildman–Crippen MR) is 123 cm³/mol. The van der Waals surface area contributed by atoms with Gasteiger partial charge in [-0.3, -0.25) is 0 Å². The van der Waals surface area contributed by atoms with E-state index < -0.39 is 0 Å². The van der Waals surface area contributed by atoms with Crippen molar-refractivity contribution in [2.75, 3.05) is 12.3 Å². The van der Waals surface area contributed by atoms with E-state index in [4.69, 9.17) is 5.73 Å². The number of aromatic nitrogens is 2. The normalized spacial score (nSPS) is 21.1. The minimum absolute atomic E-state index is 0.154. The first-order valence-electron chi connectivity index (χ1n) is 10.5. The lowest BCUT2D eigenvalue weighted by atomic mass is 9.96. The van der Waals surface area contributed by atoms with Crippen LogP contribution in [0.4, 0.5) is 11.6 Å². The number of hydrogen-bond donors (Lipinski definition) is 2. The molecule has 1 aromatic heterocycles. The fourth-order valence-electron chi connectivity index (χ4n) is 3.85. The van der Waals surface area contributed by atoms with Crippen molar-refractivity contribution in [1.29, 1.82) is 0 Å². The van der Waals surface area contributed by atoms with Gasteiger partial charge in [-0.1, -0.05) is 30.9 Å². The maximum atomic E-state index is 13.0. The summed E-state index contributed by atoms with van der Waals surface area (Å²) >= 11 is 1.81. The van der Waals surface area contributed by atoms with Crippen molar-refractivity contribution in [2.45, 2.75) is 55.3 Å². The van der Waals surface area contributed by atoms with Crippen molar-refractivity contribution in [1.82, 2.24) is 15.3 Å². The molecule has 0 radical (unpaired) electrons. The predicted octanol–water partition coefficient (Wildman–Crippen LogP) is 4.64. The molecule has 2 heterocycles. The molecule has 0 amide bonds. The smallest absolute Gasteiger partial charge is 0.377 e. The SMILES string of the molecule is CC(C)Sc1ccc(-c2cnc(N)c([N+](=O)C3C=CC(C4CCCN4)=CC3)n2)cc1. The summed E-state index contributed by atoms with van der Waals surface area (Å²) in [5, 5.41) is 4.02. The first kappa shape index (κ1) is 20.8. The zero-order valence-corrected chi connectivity index (χ0v) is 18.2. The highest BCUT2D eigenvalue weighted by atomic mass is 32.2. The van der Waals surface area contributed by atoms with Crippen LogP contribution < -0.4 is 11.1 Å². The molecular weight excluding hydrogens is 394 g/mol. The second kappa shape index (κ2) is 9.10. The third-order valence-electron chi connectivity index (χ3n) is 5.38. The number of nitrogens with two attached hydrogens (primary N) is 1. The zero-order valence-electron chi connectivity index (χ0n) is 17.4. The summed E-state index contributed by atoms with van der Waals surface area (Å²) in [5.41, 5.74) is 8.84. The van der Waals surface area contributed by atoms with Gasteiger partial charge in [0.2, 0.25) is 11.5 Å². The van der Waals surface area contributed by atoms with Gasteiger partial charge in [0, 0.05) is 28.2 Å². The summed E-state index contributed by atoms with van der Waals surface area (Å²) in [4.78, 5) is 23.0. The van der Waals surface area contributed by atoms with Crippen LogP contribution in [0, 0.1) is 4.91 Å². The molecule has 30 heavy (non-hydrogen) atoms. The van der Waals surface area contributed by atoms with E-state index in [0.29, 0.717) is 23.4 Å². The fraction of sp³-hybridized carbons (Fsp3) is 0.391. The van der Waals surface area contributed by atoms with Gasteiger partial charge in [-0.05, 0) is 65.0 Å². The number of thioether (sulfide) groups is 1. The van der Waals surface area contributed by atoms with Gasteiger partial charge in [-0.25, -0.2) is 4.98 Å². The molecule has 2 aromatic rings. The van der Waals surface area contributed by atoms with E-state index in [2.05, 4.69) is 53.4 Å². The Kier molecular flexibility index (Phi) is 6.29. The second-order valence-corrected chi connectivity index (χ2v) is 9.65. The van der Waals surface area contributed by atoms with Gasteiger partial charge >= 0.3 is 5.82 Å². The topological polar surface area (TPSA) is 83.9 Å². The Hall–Kier alpha value is -2.51. The summed E-state index contributed by atoms with van der Waals surface area (Å²) in [6, 6.07) is 8.24. The number of nitroso groups, excluding NO2 is 1. The van der Waals surface area contributed by atoms with Crippen LogP contribution in [-0.4, -0.2) is 38.6 Å². The number of benzene rings is 1. The highest BCUT2D eigenvalue weighted by Crippen LogP contribution is 2.29. The van der Waals surface area contributed by atoms with Gasteiger partial charge in [0.1, 0.15) is 0 Å². The summed E-state index contributed by atoms with van der Waals surface area (Å²) in [5.74, 6) is 0.333. The van der Waals surface area contributed by atoms with Gasteiger partial charge in [0.25, 0.3) is 0 Å². The lowest BCUT2D eigenvalue weighted by molar-refractivity contribution is -0.495. The molecule has 0 spiro atoms. The van der Waals surface area contributed by atoms with E-state index in [1.165, 1.54) is 16.9 Å². The van der Waals surface area contributed by atoms with E-state index in [1.54, 1.807) is 6.20 Å². The highest BCUT2D eigenvalue weighted by Gasteiger charge is 2.30. The molecule has 1 aliphatic heterocycles. The fourth-order valence-corrected chi connectivity index (χ4v) is 4.69. The Balaban J connectivity index is 1.51. The number of nitrogens with one attached hydrogen (secondary N) is 1. The molecule has 156 valence electrons. The molecule has 1 fully saturated rings. The standard InChI is InChI=1S/C23H28N5OS/c1-15(2)30-19-11-7-17(8-12-19)21-14-26-22(24)23(27-21)28(29)18-9-5-16(6-10-18)20-4-3-13-25-20/h5-9,11-12,14-15,18,20,25H,3-4,10,13H2,1-2H3,(H2,24,26)/q+1. The van der Waals surface area contributed by atoms with Crippen LogP contribution in [0.25, 0.3) is 11.3 Å². The Labute approximate surface area is 181 Å². The van der Waals surface area contributed by atoms with Gasteiger partial charge in [0.15, 0.2) is 6.04 Å². The van der Waals surface area contributed by atoms with Crippen molar-refractivity contribution in [3.63, 3.8) is 0 Å². The van der Waals surface area contributed by atoms with E-state index in [0.717, 1.165) is 23.3 Å². The van der Waals surface area contributed by atoms with Crippen LogP contribution in [0.1, 0.15) is 33.1 Å². The maximum absolute atomic E-state index is 13.0. The van der Waals surface area contributed by atoms with Crippen LogP contribution in [0.15, 0.2) is 59.2 Å². The number of nitrogens with zero attached hydrogens (tertiary/aromatic N) is 3. The largest absolute Gasteiger partial charge is 0.404 e. The average Bonchev–Trinajstić information content (AvgIpc) is 3.29. The summed E-state index contributed by atoms with van der Waals surface area (Å²) < 4.78 is 0.890. The van der Waals surface area contributed by atoms with E-state index in [9.17, 15) is 4.91 Å². The molecule has 1 aliphatic carbocycles. The molecule has 2 unspecified atom stereocenters. The first-order chi connectivity index (χ1) is 14.5. The number of nitrogen functional groups attached to an aromatic ring is 1. The second-order valence-electron chi connectivity index (χ2n) is 8.00. The van der Waals surface area contributed by atoms with E-state index >= 15 is 0 Å². The molecule has 2 aliphatic rings. The van der Waals surface area contributed by atoms with Crippen LogP contribution in [-0.2, 0) is 0 Å². The van der Waals surface area contributed by atoms with Gasteiger partial charge in [-0.15, -0.1) is 11.8 Å². The van der Waals surface area contributed by atoms with Crippen LogP contribution >= 0.6 is 11.8 Å². The number of anilines is 1. The van der Waals surface area contributed by atoms with Crippen LogP contribution in [0.3, 0.4) is 0 Å². The molecule has 7 heteroatoms. The number of rotatable bonds is 6. The van der Waals surface area contributed by atoms with Crippen molar-refractivity contribution < 1.29 is 4.76 Å². The van der Waals surface area contributed by atoms with Gasteiger partial charge < -0.3 is 11.1 Å². The van der Waals surface area contributed by atoms with Crippen molar-refractivity contribution >= 4 is 23.4 Å². The first-order valence-corrected chi connectivity index (χ1v) is 11.4. The average molecular weight is 423 g/mol. The maximum Gasteiger partial charge on any atom is 0.404 e. The van der Waals surface area contributed by atoms with E-state index in [-0.39, 0.29) is 17.7 Å². The molecule has 6 nitrogen and oxygen atoms in total. The number of hydrogen-bond acceptors (Lipinski definition) is 6. The summed E-state index contributed by atoms with van der Waals surface area (Å²) in [6.45, 7) is 5.39. The van der Waals surface area contributed by atoms with Crippen molar-refractivity contribution in [3.8, 4) is 11.3 Å². The molecule has 2 atom stereocenters. The molecule has 0 bridgehead atoms. The Morgan fingerprint density at radius 2 is 2.07 bits per heavy atom. The summed E-state index contributed by atoms with van der Waals surface area (Å²) in [6.07, 6.45) is 10.8. The highest BCUT2D eigenvalue weighted by molar-refractivity contribution is 7.99. The molecule has 3 N–H and O–H groups in total. The van der Waals surface area contributed by atoms with E-state index in [1.807, 2.05) is 30.0 Å². The summed E-state index contributed by atoms with van der Waals surface area (Å²) in [7, 11) is 0. The Morgan fingerprint density at radius 3 is 2.70 bits per heavy atom. The zero-order chi connectivity index (χ0) is 21.1. The lowest BCUT2D eigenvalue weighted by Gasteiger charge is -2.17. The van der Waals surface area contributed by atoms with Gasteiger partial charge in [0.05, 0.1) is 6.20 Å². The monoisotopic (exact) mass is 422 g/mol. The van der Waals surface area contributed by atoms with Crippen LogP contribution in [0.2, 0.25) is 0 Å². The third-order valence-corrected chi connectivity index (χ3v) is 6.40. The molecular formula is C23H28N5OS+. The molecule has 4 rings (SSSR count). The van der Waals surface area contributed by atoms with Crippen molar-refractivity contribution in [3.05, 3.63) is 59.2 Å². The molecule has 1 saturated heterocycles. The Morgan fingerprint density at radius 1 is 1.27 bits per heavy atom. The molecule has 1 aromatic carbocycles. The van der Waals surface area contributed by atoms with Crippen LogP contribution in [0.5, 0.6) is 0 Å².